The number of nitrogens with one attached hydrogen (secondary N) is 4. The number of piperidine rings is 1. The maximum absolute atomic E-state index is 15.3. The molecule has 3 amide bonds. The summed E-state index contributed by atoms with van der Waals surface area (Å²) >= 11 is 6.55. The number of aryl methyl sites for hydroxylation is 1. The van der Waals surface area contributed by atoms with Crippen LogP contribution in [0.5, 0.6) is 5.75 Å². The van der Waals surface area contributed by atoms with Gasteiger partial charge in [0.05, 0.1) is 35.2 Å². The van der Waals surface area contributed by atoms with Crippen molar-refractivity contribution in [2.75, 3.05) is 48.9 Å². The van der Waals surface area contributed by atoms with E-state index < -0.39 is 46.5 Å². The standard InChI is InChI=1S/C42H47ClF3N11O6/c1-6-63-41(53-24-7-8-26-29(15-24)55(5)54-34(26)27-9-10-32(58)51-37(27)60)12-11-40(16-31(41)42(44,45)46)20-56(21-40)39-49-18-28(43)35(52-39)50-25-13-23-14-30(62-19-33(59)47-4)38(61)57(22(2)3)36(23)48-17-25/h7-8,13-15,17-18,22,27,31,53H,6,9-12,16,19-21H2,1-5H3,(H,47,59)(H,49,50,52)(H,51,58,60)/t27?,31-,41-/m0/s1. The molecule has 17 nitrogen and oxygen atoms in total. The fourth-order valence-corrected chi connectivity index (χ4v) is 9.27. The molecular weight excluding hydrogens is 847 g/mol. The molecule has 1 aliphatic carbocycles. The van der Waals surface area contributed by atoms with Crippen LogP contribution in [0.25, 0.3) is 21.9 Å². The van der Waals surface area contributed by atoms with E-state index in [1.165, 1.54) is 30.1 Å². The molecule has 1 aromatic carbocycles. The summed E-state index contributed by atoms with van der Waals surface area (Å²) in [5, 5.41) is 17.1. The minimum Gasteiger partial charge on any atom is -0.478 e. The number of aromatic nitrogens is 6. The first kappa shape index (κ1) is 43.6. The number of carbonyl (C=O) groups is 3. The van der Waals surface area contributed by atoms with E-state index in [4.69, 9.17) is 21.1 Å². The Morgan fingerprint density at radius 2 is 1.86 bits per heavy atom. The Morgan fingerprint density at radius 1 is 1.08 bits per heavy atom. The van der Waals surface area contributed by atoms with Crippen molar-refractivity contribution in [3.63, 3.8) is 0 Å². The minimum absolute atomic E-state index is 0.0223. The maximum Gasteiger partial charge on any atom is 0.396 e. The van der Waals surface area contributed by atoms with Crippen molar-refractivity contribution in [2.24, 2.45) is 18.4 Å². The number of nitrogens with zero attached hydrogens (tertiary/aromatic N) is 7. The summed E-state index contributed by atoms with van der Waals surface area (Å²) in [6.45, 7) is 5.57. The third-order valence-electron chi connectivity index (χ3n) is 12.2. The normalized spacial score (nSPS) is 21.1. The predicted molar refractivity (Wildman–Crippen MR) is 228 cm³/mol. The van der Waals surface area contributed by atoms with Crippen molar-refractivity contribution in [1.82, 2.24) is 39.9 Å². The van der Waals surface area contributed by atoms with Gasteiger partial charge >= 0.3 is 6.18 Å². The topological polar surface area (TPSA) is 200 Å². The molecule has 4 N–H and O–H groups in total. The number of likely N-dealkylation sites (N-methyl/N-ethyl adjacent to an activating group) is 1. The van der Waals surface area contributed by atoms with Crippen molar-refractivity contribution in [3.05, 3.63) is 63.8 Å². The number of hydrogen-bond donors (Lipinski definition) is 4. The summed E-state index contributed by atoms with van der Waals surface area (Å²) in [6.07, 6.45) is -0.889. The summed E-state index contributed by atoms with van der Waals surface area (Å²) in [6, 6.07) is 8.09. The van der Waals surface area contributed by atoms with Crippen LogP contribution in [-0.2, 0) is 26.2 Å². The van der Waals surface area contributed by atoms with Gasteiger partial charge in [-0.25, -0.2) is 9.97 Å². The number of pyridine rings is 2. The zero-order valence-corrected chi connectivity index (χ0v) is 36.0. The molecule has 0 radical (unpaired) electrons. The first-order valence-electron chi connectivity index (χ1n) is 20.7. The van der Waals surface area contributed by atoms with Crippen molar-refractivity contribution in [2.45, 2.75) is 76.7 Å². The van der Waals surface area contributed by atoms with Crippen molar-refractivity contribution >= 4 is 74.4 Å². The van der Waals surface area contributed by atoms with Gasteiger partial charge < -0.3 is 30.3 Å². The Balaban J connectivity index is 0.999. The quantitative estimate of drug-likeness (QED) is 0.0879. The van der Waals surface area contributed by atoms with Gasteiger partial charge in [-0.2, -0.15) is 23.3 Å². The number of amides is 3. The molecule has 2 saturated heterocycles. The average Bonchev–Trinajstić information content (AvgIpc) is 3.54. The molecule has 1 spiro atoms. The van der Waals surface area contributed by atoms with Gasteiger partial charge in [-0.15, -0.1) is 0 Å². The zero-order chi connectivity index (χ0) is 45.0. The number of carbonyl (C=O) groups excluding carboxylic acids is 3. The lowest BCUT2D eigenvalue weighted by atomic mass is 9.61. The van der Waals surface area contributed by atoms with Gasteiger partial charge in [-0.05, 0) is 76.8 Å². The second-order valence-electron chi connectivity index (χ2n) is 16.7. The monoisotopic (exact) mass is 893 g/mol. The first-order valence-corrected chi connectivity index (χ1v) is 21.0. The fraction of sp³-hybridized carbons (Fsp3) is 0.476. The lowest BCUT2D eigenvalue weighted by Crippen LogP contribution is -2.66. The number of anilines is 4. The van der Waals surface area contributed by atoms with E-state index in [9.17, 15) is 19.2 Å². The number of halogens is 4. The summed E-state index contributed by atoms with van der Waals surface area (Å²) < 4.78 is 60.5. The van der Waals surface area contributed by atoms with E-state index in [1.54, 1.807) is 42.9 Å². The summed E-state index contributed by atoms with van der Waals surface area (Å²) in [5.41, 5.74) is -0.502. The number of rotatable bonds is 12. The summed E-state index contributed by atoms with van der Waals surface area (Å²) in [5.74, 6) is -3.16. The van der Waals surface area contributed by atoms with Gasteiger partial charge in [-0.3, -0.25) is 33.7 Å². The second kappa shape index (κ2) is 16.6. The van der Waals surface area contributed by atoms with Crippen molar-refractivity contribution in [3.8, 4) is 5.75 Å². The van der Waals surface area contributed by atoms with Crippen LogP contribution in [0.1, 0.15) is 70.5 Å². The van der Waals surface area contributed by atoms with Crippen molar-refractivity contribution < 1.29 is 37.0 Å². The number of alkyl halides is 3. The van der Waals surface area contributed by atoms with Crippen LogP contribution < -0.4 is 36.5 Å². The lowest BCUT2D eigenvalue weighted by Gasteiger charge is -2.58. The second-order valence-corrected chi connectivity index (χ2v) is 17.1. The van der Waals surface area contributed by atoms with Crippen LogP contribution in [0.4, 0.5) is 36.3 Å². The maximum atomic E-state index is 15.3. The van der Waals surface area contributed by atoms with Gasteiger partial charge in [0.25, 0.3) is 11.5 Å². The third kappa shape index (κ3) is 8.32. The molecule has 3 atom stereocenters. The Hall–Kier alpha value is -6.02. The van der Waals surface area contributed by atoms with E-state index in [0.29, 0.717) is 51.8 Å². The fourth-order valence-electron chi connectivity index (χ4n) is 9.13. The molecule has 3 fully saturated rings. The smallest absolute Gasteiger partial charge is 0.396 e. The van der Waals surface area contributed by atoms with E-state index in [1.807, 2.05) is 18.7 Å². The van der Waals surface area contributed by atoms with Gasteiger partial charge in [0.1, 0.15) is 22.3 Å². The Kier molecular flexibility index (Phi) is 11.5. The number of imide groups is 1. The largest absolute Gasteiger partial charge is 0.478 e. The Labute approximate surface area is 364 Å². The van der Waals surface area contributed by atoms with E-state index >= 15 is 13.2 Å². The molecular formula is C42H47ClF3N11O6. The third-order valence-corrected chi connectivity index (χ3v) is 12.4. The van der Waals surface area contributed by atoms with Gasteiger partial charge in [0, 0.05) is 68.1 Å². The van der Waals surface area contributed by atoms with Gasteiger partial charge in [-0.1, -0.05) is 11.6 Å². The number of fused-ring (bicyclic) bond motifs is 2. The molecule has 8 rings (SSSR count). The molecule has 21 heteroatoms. The molecule has 4 aromatic heterocycles. The Morgan fingerprint density at radius 3 is 2.56 bits per heavy atom. The molecule has 6 heterocycles. The summed E-state index contributed by atoms with van der Waals surface area (Å²) in [4.78, 5) is 64.9. The molecule has 1 unspecified atom stereocenters. The predicted octanol–water partition coefficient (Wildman–Crippen LogP) is 5.71. The molecule has 1 saturated carbocycles. The van der Waals surface area contributed by atoms with Gasteiger partial charge in [0.15, 0.2) is 18.2 Å². The van der Waals surface area contributed by atoms with Crippen LogP contribution in [0.2, 0.25) is 5.02 Å². The summed E-state index contributed by atoms with van der Waals surface area (Å²) in [7, 11) is 3.16. The Bertz CT molecular complexity index is 2680. The zero-order valence-electron chi connectivity index (χ0n) is 35.2. The molecule has 0 bridgehead atoms. The molecule has 3 aliphatic rings. The van der Waals surface area contributed by atoms with Crippen molar-refractivity contribution in [1.29, 1.82) is 0 Å². The van der Waals surface area contributed by atoms with Crippen LogP contribution in [0.3, 0.4) is 0 Å². The molecule has 63 heavy (non-hydrogen) atoms. The van der Waals surface area contributed by atoms with Crippen LogP contribution in [-0.4, -0.2) is 92.3 Å². The van der Waals surface area contributed by atoms with Crippen LogP contribution >= 0.6 is 11.6 Å². The van der Waals surface area contributed by atoms with E-state index in [-0.39, 0.29) is 80.1 Å². The average molecular weight is 894 g/mol. The molecule has 334 valence electrons. The highest BCUT2D eigenvalue weighted by molar-refractivity contribution is 6.33. The minimum atomic E-state index is -4.62. The highest BCUT2D eigenvalue weighted by Gasteiger charge is 2.63. The van der Waals surface area contributed by atoms with Crippen LogP contribution in [0, 0.1) is 11.3 Å². The first-order chi connectivity index (χ1) is 29.9. The SMILES string of the molecule is CCO[C@@]1(Nc2ccc3c(C4CCC(=O)NC4=O)nn(C)c3c2)CCC2(C[C@@H]1C(F)(F)F)CN(c1ncc(Cl)c(Nc3cnc4c(c3)cc(OCC(=O)NC)c(=O)n4C(C)C)n1)C2. The highest BCUT2D eigenvalue weighted by Crippen LogP contribution is 2.56. The van der Waals surface area contributed by atoms with E-state index in [2.05, 4.69) is 41.3 Å². The number of benzene rings is 1. The number of ether oxygens (including phenoxy) is 2. The molecule has 5 aromatic rings. The number of hydrogen-bond acceptors (Lipinski definition) is 13. The highest BCUT2D eigenvalue weighted by atomic mass is 35.5. The lowest BCUT2D eigenvalue weighted by molar-refractivity contribution is -0.256. The van der Waals surface area contributed by atoms with E-state index in [0.717, 1.165) is 0 Å². The van der Waals surface area contributed by atoms with Crippen LogP contribution in [0.15, 0.2) is 47.5 Å². The van der Waals surface area contributed by atoms with Gasteiger partial charge in [0.2, 0.25) is 17.8 Å². The molecule has 2 aliphatic heterocycles.